The Balaban J connectivity index is 1.26. The van der Waals surface area contributed by atoms with E-state index in [0.717, 1.165) is 98.5 Å². The number of hydrogen-bond acceptors (Lipinski definition) is 1. The minimum absolute atomic E-state index is 0.236. The lowest BCUT2D eigenvalue weighted by molar-refractivity contribution is 0.661. The second-order valence-corrected chi connectivity index (χ2v) is 19.4. The quantitative estimate of drug-likeness (QED) is 0.162. The van der Waals surface area contributed by atoms with Crippen molar-refractivity contribution in [2.45, 2.75) is 19.3 Å². The van der Waals surface area contributed by atoms with Crippen molar-refractivity contribution in [3.63, 3.8) is 0 Å². The average molecular weight is 905 g/mol. The molecule has 0 saturated heterocycles. The van der Waals surface area contributed by atoms with Gasteiger partial charge < -0.3 is 18.3 Å². The van der Waals surface area contributed by atoms with Gasteiger partial charge in [-0.05, 0) is 76.9 Å². The fraction of sp³-hybridized carbons (Fsp3) is 0.0462. The van der Waals surface area contributed by atoms with Crippen molar-refractivity contribution in [1.29, 1.82) is 5.26 Å². The van der Waals surface area contributed by atoms with Gasteiger partial charge in [-0.3, -0.25) is 0 Å². The van der Waals surface area contributed by atoms with Crippen molar-refractivity contribution in [2.75, 3.05) is 0 Å². The van der Waals surface area contributed by atoms with Crippen LogP contribution in [0.1, 0.15) is 30.5 Å². The lowest BCUT2D eigenvalue weighted by Crippen LogP contribution is -2.15. The molecular formula is C65H40N6. The van der Waals surface area contributed by atoms with Crippen LogP contribution in [0.4, 0.5) is 5.69 Å². The highest BCUT2D eigenvalue weighted by atomic mass is 15.1. The molecule has 10 aromatic carbocycles. The first kappa shape index (κ1) is 39.4. The molecule has 0 amide bonds. The van der Waals surface area contributed by atoms with Crippen LogP contribution in [0.2, 0.25) is 0 Å². The van der Waals surface area contributed by atoms with Crippen LogP contribution in [0.3, 0.4) is 0 Å². The predicted molar refractivity (Wildman–Crippen MR) is 292 cm³/mol. The van der Waals surface area contributed by atoms with Crippen LogP contribution >= 0.6 is 0 Å². The molecule has 6 heteroatoms. The van der Waals surface area contributed by atoms with E-state index in [1.54, 1.807) is 0 Å². The Morgan fingerprint density at radius 3 is 1.14 bits per heavy atom. The molecule has 330 valence electrons. The van der Waals surface area contributed by atoms with E-state index in [4.69, 9.17) is 4.85 Å². The van der Waals surface area contributed by atoms with Gasteiger partial charge in [-0.25, -0.2) is 4.85 Å². The third kappa shape index (κ3) is 5.02. The number of hydrogen-bond donors (Lipinski definition) is 0. The molecule has 0 atom stereocenters. The summed E-state index contributed by atoms with van der Waals surface area (Å²) in [5, 5.41) is 21.1. The van der Waals surface area contributed by atoms with Gasteiger partial charge in [0.15, 0.2) is 0 Å². The van der Waals surface area contributed by atoms with Gasteiger partial charge in [-0.15, -0.1) is 0 Å². The predicted octanol–water partition coefficient (Wildman–Crippen LogP) is 16.8. The first-order valence-electron chi connectivity index (χ1n) is 24.1. The Morgan fingerprint density at radius 1 is 0.366 bits per heavy atom. The average Bonchev–Trinajstić information content (AvgIpc) is 4.19. The van der Waals surface area contributed by atoms with Gasteiger partial charge in [0.1, 0.15) is 6.07 Å². The first-order chi connectivity index (χ1) is 35.0. The van der Waals surface area contributed by atoms with Crippen molar-refractivity contribution in [2.24, 2.45) is 0 Å². The number of aromatic nitrogens is 4. The van der Waals surface area contributed by atoms with Crippen molar-refractivity contribution in [3.05, 3.63) is 234 Å². The highest BCUT2D eigenvalue weighted by Gasteiger charge is 2.38. The lowest BCUT2D eigenvalue weighted by Gasteiger charge is -2.27. The lowest BCUT2D eigenvalue weighted by atomic mass is 9.82. The molecule has 1 aliphatic rings. The summed E-state index contributed by atoms with van der Waals surface area (Å²) in [5.74, 6) is 0. The van der Waals surface area contributed by atoms with Crippen LogP contribution in [0.15, 0.2) is 206 Å². The number of fused-ring (bicyclic) bond motifs is 15. The zero-order valence-corrected chi connectivity index (χ0v) is 38.8. The molecule has 0 spiro atoms. The summed E-state index contributed by atoms with van der Waals surface area (Å²) >= 11 is 0. The summed E-state index contributed by atoms with van der Waals surface area (Å²) in [7, 11) is 0. The van der Waals surface area contributed by atoms with Gasteiger partial charge >= 0.3 is 0 Å². The van der Waals surface area contributed by atoms with Gasteiger partial charge in [0, 0.05) is 48.5 Å². The molecular weight excluding hydrogens is 865 g/mol. The molecule has 0 fully saturated rings. The first-order valence-corrected chi connectivity index (χ1v) is 24.1. The van der Waals surface area contributed by atoms with E-state index in [1.165, 1.54) is 16.7 Å². The monoisotopic (exact) mass is 904 g/mol. The second-order valence-electron chi connectivity index (χ2n) is 19.4. The third-order valence-corrected chi connectivity index (χ3v) is 15.6. The fourth-order valence-electron chi connectivity index (χ4n) is 12.7. The summed E-state index contributed by atoms with van der Waals surface area (Å²) in [6, 6.07) is 76.0. The molecule has 0 unspecified atom stereocenters. The van der Waals surface area contributed by atoms with E-state index in [1.807, 2.05) is 0 Å². The van der Waals surface area contributed by atoms with Gasteiger partial charge in [0.2, 0.25) is 5.69 Å². The largest absolute Gasteiger partial charge is 0.317 e. The third-order valence-electron chi connectivity index (χ3n) is 15.6. The maximum Gasteiger partial charge on any atom is 0.237 e. The van der Waals surface area contributed by atoms with E-state index in [-0.39, 0.29) is 5.41 Å². The maximum absolute atomic E-state index is 12.5. The standard InChI is InChI=1S/C65H40N6/c1-65(2)50-28-12-4-20-39(50)47-37-59-48(36-51(47)65)46-27-11-19-35-58(46)71(59)61-49(38-66)62(68-52-29-13-5-21-40(52)41-22-6-14-30-53(41)68)64(70-56-33-17-9-25-44(56)45-26-10-18-34-57(45)70)63(60(61)67-3)69-54-31-15-7-23-42(54)43-24-8-16-32-55(43)69/h4-37H,1-2H3. The van der Waals surface area contributed by atoms with Crippen molar-refractivity contribution >= 4 is 92.9 Å². The molecule has 14 aromatic rings. The normalized spacial score (nSPS) is 13.0. The van der Waals surface area contributed by atoms with Crippen LogP contribution in [-0.2, 0) is 5.41 Å². The second kappa shape index (κ2) is 14.2. The Bertz CT molecular complexity index is 4450. The summed E-state index contributed by atoms with van der Waals surface area (Å²) in [4.78, 5) is 4.76. The van der Waals surface area contributed by atoms with E-state index in [9.17, 15) is 11.8 Å². The zero-order chi connectivity index (χ0) is 47.3. The van der Waals surface area contributed by atoms with Gasteiger partial charge in [0.05, 0.1) is 79.0 Å². The summed E-state index contributed by atoms with van der Waals surface area (Å²) in [6.45, 7) is 14.4. The Kier molecular flexibility index (Phi) is 7.88. The van der Waals surface area contributed by atoms with Crippen LogP contribution in [-0.4, -0.2) is 18.3 Å². The highest BCUT2D eigenvalue weighted by Crippen LogP contribution is 2.54. The molecule has 6 nitrogen and oxygen atoms in total. The Morgan fingerprint density at radius 2 is 0.718 bits per heavy atom. The molecule has 1 aliphatic carbocycles. The molecule has 0 N–H and O–H groups in total. The smallest absolute Gasteiger partial charge is 0.237 e. The van der Waals surface area contributed by atoms with Crippen LogP contribution in [0, 0.1) is 17.9 Å². The zero-order valence-electron chi connectivity index (χ0n) is 38.8. The van der Waals surface area contributed by atoms with Crippen molar-refractivity contribution in [1.82, 2.24) is 18.3 Å². The topological polar surface area (TPSA) is 47.9 Å². The molecule has 15 rings (SSSR count). The van der Waals surface area contributed by atoms with E-state index in [2.05, 4.69) is 244 Å². The van der Waals surface area contributed by atoms with Crippen LogP contribution in [0.25, 0.3) is 126 Å². The van der Waals surface area contributed by atoms with E-state index in [0.29, 0.717) is 28.3 Å². The molecule has 0 aliphatic heterocycles. The number of nitrogens with zero attached hydrogens (tertiary/aromatic N) is 6. The Hall–Kier alpha value is -9.62. The van der Waals surface area contributed by atoms with Gasteiger partial charge in [0.25, 0.3) is 0 Å². The highest BCUT2D eigenvalue weighted by molar-refractivity contribution is 6.17. The molecule has 4 aromatic heterocycles. The molecule has 4 heterocycles. The number of benzene rings is 10. The minimum Gasteiger partial charge on any atom is -0.317 e. The van der Waals surface area contributed by atoms with Crippen LogP contribution < -0.4 is 0 Å². The number of rotatable bonds is 4. The van der Waals surface area contributed by atoms with Crippen molar-refractivity contribution < 1.29 is 0 Å². The Labute approximate surface area is 408 Å². The van der Waals surface area contributed by atoms with E-state index < -0.39 is 0 Å². The summed E-state index contributed by atoms with van der Waals surface area (Å²) in [5.41, 5.74) is 15.7. The summed E-state index contributed by atoms with van der Waals surface area (Å²) in [6.07, 6.45) is 0. The molecule has 0 saturated carbocycles. The number of para-hydroxylation sites is 7. The van der Waals surface area contributed by atoms with Crippen molar-refractivity contribution in [3.8, 4) is 39.9 Å². The van der Waals surface area contributed by atoms with Gasteiger partial charge in [-0.2, -0.15) is 5.26 Å². The van der Waals surface area contributed by atoms with Gasteiger partial charge in [-0.1, -0.05) is 166 Å². The molecule has 71 heavy (non-hydrogen) atoms. The number of nitriles is 1. The van der Waals surface area contributed by atoms with E-state index >= 15 is 0 Å². The molecule has 0 bridgehead atoms. The maximum atomic E-state index is 12.5. The minimum atomic E-state index is -0.236. The SMILES string of the molecule is [C-]#[N+]c1c(-n2c3ccccc3c3cc4c(cc32)-c2ccccc2C4(C)C)c(C#N)c(-n2c3ccccc3c3ccccc32)c(-n2c3ccccc3c3ccccc32)c1-n1c2ccccc2c2ccccc21. The molecule has 0 radical (unpaired) electrons. The summed E-state index contributed by atoms with van der Waals surface area (Å²) < 4.78 is 9.19. The van der Waals surface area contributed by atoms with Crippen LogP contribution in [0.5, 0.6) is 0 Å². The fourth-order valence-corrected chi connectivity index (χ4v) is 12.7.